The number of carbonyl (C=O) groups is 4. The van der Waals surface area contributed by atoms with Crippen molar-refractivity contribution in [2.24, 2.45) is 5.92 Å². The largest absolute Gasteiger partial charge is 0.471 e. The van der Waals surface area contributed by atoms with Crippen molar-refractivity contribution in [1.82, 2.24) is 40.4 Å². The number of methoxy groups -OCH3 is 2. The molecule has 0 unspecified atom stereocenters. The summed E-state index contributed by atoms with van der Waals surface area (Å²) in [6.07, 6.45) is 5.92. The third kappa shape index (κ3) is 15.2. The van der Waals surface area contributed by atoms with Gasteiger partial charge in [0.2, 0.25) is 11.8 Å². The number of ether oxygens (including phenoxy) is 2. The highest BCUT2D eigenvalue weighted by molar-refractivity contribution is 7.31. The van der Waals surface area contributed by atoms with Crippen LogP contribution in [-0.2, 0) is 36.9 Å². The van der Waals surface area contributed by atoms with Crippen molar-refractivity contribution >= 4 is 56.5 Å². The third-order valence-corrected chi connectivity index (χ3v) is 10.7. The van der Waals surface area contributed by atoms with Crippen LogP contribution in [0.15, 0.2) is 48.8 Å². The molecule has 0 radical (unpaired) electrons. The van der Waals surface area contributed by atoms with Crippen molar-refractivity contribution in [3.63, 3.8) is 0 Å². The van der Waals surface area contributed by atoms with Gasteiger partial charge in [-0.2, -0.15) is 0 Å². The highest BCUT2D eigenvalue weighted by atomic mass is 32.1. The lowest BCUT2D eigenvalue weighted by molar-refractivity contribution is -0.135. The van der Waals surface area contributed by atoms with Gasteiger partial charge in [0, 0.05) is 27.4 Å². The number of aromatic nitrogens is 4. The first-order chi connectivity index (χ1) is 28.5. The number of amides is 3. The minimum absolute atomic E-state index is 0.0589. The lowest BCUT2D eigenvalue weighted by Gasteiger charge is -2.28. The summed E-state index contributed by atoms with van der Waals surface area (Å²) in [4.78, 5) is 68.5. The first kappa shape index (κ1) is 50.1. The Balaban J connectivity index is 0.00000122. The molecule has 4 N–H and O–H groups in total. The van der Waals surface area contributed by atoms with Crippen LogP contribution in [0.4, 0.5) is 4.79 Å². The molecule has 0 aliphatic heterocycles. The standard InChI is InChI=1S/C36H46N8O4S2.C3H8.C2H4O2.C2H6/c1-7-13-43(33(45)19-37-5)20-31-38-17-25(40-31)23-9-11-24(12-10-23)27-15-29-30(49-27)16-28(50-29)26-18-39-32(41-26)21-44(14-8-2)35(46)34(22(3)4)42-36(47)48-6;1-3-2;1-4-2-3;1-2/h9-12,15-18,22,34,37H,7-8,13-14,19-21H2,1-6H3,(H,38,40)(H,39,41)(H,42,47);3H2,1-2H3;2H,1H3;1-2H3/t34-;;;/m0.../s1. The number of fused-ring (bicyclic) bond motifs is 1. The monoisotopic (exact) mass is 852 g/mol. The van der Waals surface area contributed by atoms with Gasteiger partial charge in [-0.25, -0.2) is 14.8 Å². The quantitative estimate of drug-likeness (QED) is 0.0667. The Morgan fingerprint density at radius 2 is 1.31 bits per heavy atom. The van der Waals surface area contributed by atoms with Gasteiger partial charge < -0.3 is 39.9 Å². The highest BCUT2D eigenvalue weighted by Crippen LogP contribution is 2.41. The number of aromatic amines is 2. The molecule has 0 saturated carbocycles. The third-order valence-electron chi connectivity index (χ3n) is 8.36. The molecule has 0 aliphatic rings. The Hall–Kier alpha value is -5.06. The van der Waals surface area contributed by atoms with E-state index < -0.39 is 12.1 Å². The van der Waals surface area contributed by atoms with E-state index in [4.69, 9.17) is 9.53 Å². The molecule has 16 heteroatoms. The van der Waals surface area contributed by atoms with Gasteiger partial charge in [-0.3, -0.25) is 14.4 Å². The highest BCUT2D eigenvalue weighted by Gasteiger charge is 2.29. The van der Waals surface area contributed by atoms with Crippen molar-refractivity contribution in [2.45, 2.75) is 93.8 Å². The Morgan fingerprint density at radius 3 is 1.83 bits per heavy atom. The number of carbonyl (C=O) groups excluding carboxylic acids is 4. The minimum Gasteiger partial charge on any atom is -0.471 e. The van der Waals surface area contributed by atoms with Crippen molar-refractivity contribution in [2.75, 3.05) is 40.9 Å². The zero-order valence-corrected chi connectivity index (χ0v) is 38.2. The van der Waals surface area contributed by atoms with Crippen LogP contribution in [0.25, 0.3) is 41.7 Å². The average Bonchev–Trinajstić information content (AvgIpc) is 4.06. The molecule has 5 rings (SSSR count). The van der Waals surface area contributed by atoms with Gasteiger partial charge in [-0.05, 0) is 49.1 Å². The zero-order chi connectivity index (χ0) is 43.9. The first-order valence-electron chi connectivity index (χ1n) is 20.2. The second-order valence-corrected chi connectivity index (χ2v) is 15.7. The number of nitrogens with zero attached hydrogens (tertiary/aromatic N) is 4. The lowest BCUT2D eigenvalue weighted by Crippen LogP contribution is -2.51. The molecule has 324 valence electrons. The van der Waals surface area contributed by atoms with Gasteiger partial charge >= 0.3 is 6.09 Å². The fourth-order valence-electron chi connectivity index (χ4n) is 5.70. The van der Waals surface area contributed by atoms with E-state index in [9.17, 15) is 14.4 Å². The Labute approximate surface area is 357 Å². The summed E-state index contributed by atoms with van der Waals surface area (Å²) in [6.45, 7) is 18.8. The smallest absolute Gasteiger partial charge is 0.407 e. The van der Waals surface area contributed by atoms with Crippen molar-refractivity contribution in [3.05, 3.63) is 60.4 Å². The van der Waals surface area contributed by atoms with Crippen LogP contribution in [0.3, 0.4) is 0 Å². The van der Waals surface area contributed by atoms with Gasteiger partial charge in [0.1, 0.15) is 17.7 Å². The second-order valence-electron chi connectivity index (χ2n) is 13.5. The topological polar surface area (TPSA) is 175 Å². The second kappa shape index (κ2) is 26.8. The van der Waals surface area contributed by atoms with Gasteiger partial charge in [0.05, 0.1) is 62.5 Å². The van der Waals surface area contributed by atoms with E-state index in [2.05, 4.69) is 92.5 Å². The number of benzene rings is 1. The van der Waals surface area contributed by atoms with E-state index in [-0.39, 0.29) is 17.7 Å². The molecule has 14 nitrogen and oxygen atoms in total. The summed E-state index contributed by atoms with van der Waals surface area (Å²) in [5.74, 6) is 1.24. The number of imidazole rings is 2. The van der Waals surface area contributed by atoms with Crippen LogP contribution in [0, 0.1) is 5.92 Å². The maximum absolute atomic E-state index is 13.4. The summed E-state index contributed by atoms with van der Waals surface area (Å²) in [6, 6.07) is 12.2. The fourth-order valence-corrected chi connectivity index (χ4v) is 8.07. The summed E-state index contributed by atoms with van der Waals surface area (Å²) in [5.41, 5.74) is 3.99. The molecule has 0 aliphatic carbocycles. The normalized spacial score (nSPS) is 10.9. The fraction of sp³-hybridized carbons (Fsp3) is 0.488. The van der Waals surface area contributed by atoms with E-state index in [0.717, 1.165) is 46.1 Å². The SMILES string of the molecule is CC.CCC.CCCN(Cc1ncc(-c2ccc(-c3cc4sc(-c5cnc(CN(CCC)C(=O)[C@@H](NC(=O)OC)C(C)C)[nH]5)cc4s3)cc2)[nH]1)C(=O)CNC.COC=O. The predicted molar refractivity (Wildman–Crippen MR) is 240 cm³/mol. The number of hydrogen-bond acceptors (Lipinski definition) is 11. The number of likely N-dealkylation sites (N-methyl/N-ethyl adjacent to an activating group) is 1. The Morgan fingerprint density at radius 1 is 0.814 bits per heavy atom. The van der Waals surface area contributed by atoms with Gasteiger partial charge in [-0.1, -0.05) is 86.1 Å². The molecule has 0 bridgehead atoms. The summed E-state index contributed by atoms with van der Waals surface area (Å²) in [7, 11) is 4.38. The Bertz CT molecular complexity index is 1950. The van der Waals surface area contributed by atoms with Crippen molar-refractivity contribution in [1.29, 1.82) is 0 Å². The van der Waals surface area contributed by atoms with E-state index >= 15 is 0 Å². The molecule has 59 heavy (non-hydrogen) atoms. The number of hydrogen-bond donors (Lipinski definition) is 4. The number of H-pyrrole nitrogens is 2. The van der Waals surface area contributed by atoms with Crippen LogP contribution in [0.2, 0.25) is 0 Å². The molecular weight excluding hydrogens is 789 g/mol. The van der Waals surface area contributed by atoms with Crippen LogP contribution >= 0.6 is 22.7 Å². The molecule has 4 heterocycles. The first-order valence-corrected chi connectivity index (χ1v) is 21.8. The molecule has 1 atom stereocenters. The van der Waals surface area contributed by atoms with Crippen LogP contribution in [0.5, 0.6) is 0 Å². The van der Waals surface area contributed by atoms with Crippen LogP contribution in [-0.4, -0.2) is 101 Å². The maximum atomic E-state index is 13.4. The van der Waals surface area contributed by atoms with Crippen molar-refractivity contribution in [3.8, 4) is 32.3 Å². The molecule has 0 spiro atoms. The molecule has 4 aromatic heterocycles. The molecule has 0 fully saturated rings. The molecule has 1 aromatic carbocycles. The summed E-state index contributed by atoms with van der Waals surface area (Å²) >= 11 is 3.45. The number of thiophene rings is 2. The van der Waals surface area contributed by atoms with E-state index in [0.29, 0.717) is 45.0 Å². The lowest BCUT2D eigenvalue weighted by atomic mass is 10.0. The summed E-state index contributed by atoms with van der Waals surface area (Å²) < 4.78 is 11.0. The summed E-state index contributed by atoms with van der Waals surface area (Å²) in [5, 5.41) is 5.62. The van der Waals surface area contributed by atoms with Gasteiger partial charge in [0.15, 0.2) is 0 Å². The van der Waals surface area contributed by atoms with E-state index in [1.54, 1.807) is 34.6 Å². The molecule has 3 amide bonds. The van der Waals surface area contributed by atoms with E-state index in [1.807, 2.05) is 51.9 Å². The van der Waals surface area contributed by atoms with E-state index in [1.165, 1.54) is 34.9 Å². The number of rotatable bonds is 17. The predicted octanol–water partition coefficient (Wildman–Crippen LogP) is 8.72. The van der Waals surface area contributed by atoms with Crippen LogP contribution < -0.4 is 10.6 Å². The van der Waals surface area contributed by atoms with Crippen molar-refractivity contribution < 1.29 is 28.7 Å². The zero-order valence-electron chi connectivity index (χ0n) is 36.6. The minimum atomic E-state index is -0.690. The maximum Gasteiger partial charge on any atom is 0.407 e. The van der Waals surface area contributed by atoms with Gasteiger partial charge in [-0.15, -0.1) is 22.7 Å². The Kier molecular flexibility index (Phi) is 22.8. The molecule has 0 saturated heterocycles. The van der Waals surface area contributed by atoms with Crippen LogP contribution in [0.1, 0.15) is 86.3 Å². The number of alkyl carbamates (subject to hydrolysis) is 1. The number of nitrogens with one attached hydrogen (secondary N) is 4. The average molecular weight is 853 g/mol. The van der Waals surface area contributed by atoms with Gasteiger partial charge in [0.25, 0.3) is 6.47 Å². The molecule has 5 aromatic rings. The molecular formula is C43H64N8O6S2.